The molecular weight excluding hydrogens is 336 g/mol. The third-order valence-corrected chi connectivity index (χ3v) is 6.26. The number of hydrogen-bond donors (Lipinski definition) is 1. The lowest BCUT2D eigenvalue weighted by atomic mass is 9.68. The van der Waals surface area contributed by atoms with E-state index in [1.165, 1.54) is 22.4 Å². The summed E-state index contributed by atoms with van der Waals surface area (Å²) in [6, 6.07) is 6.37. The topological polar surface area (TPSA) is 59.3 Å². The van der Waals surface area contributed by atoms with Crippen LogP contribution >= 0.6 is 0 Å². The van der Waals surface area contributed by atoms with Crippen molar-refractivity contribution in [1.29, 1.82) is 0 Å². The Morgan fingerprint density at radius 3 is 2.70 bits per heavy atom. The number of aromatic nitrogens is 3. The van der Waals surface area contributed by atoms with Crippen LogP contribution in [0, 0.1) is 0 Å². The van der Waals surface area contributed by atoms with Gasteiger partial charge in [-0.25, -0.2) is 0 Å². The van der Waals surface area contributed by atoms with Crippen LogP contribution in [0.2, 0.25) is 0 Å². The summed E-state index contributed by atoms with van der Waals surface area (Å²) in [6.45, 7) is 8.09. The van der Waals surface area contributed by atoms with Gasteiger partial charge in [0.25, 0.3) is 0 Å². The van der Waals surface area contributed by atoms with Gasteiger partial charge in [-0.15, -0.1) is 10.2 Å². The number of anilines is 1. The van der Waals surface area contributed by atoms with Crippen LogP contribution in [0.3, 0.4) is 0 Å². The molecule has 138 valence electrons. The molecule has 1 aliphatic carbocycles. The van der Waals surface area contributed by atoms with Gasteiger partial charge in [-0.05, 0) is 87.4 Å². The minimum atomic E-state index is -0.554. The maximum absolute atomic E-state index is 13.2. The molecule has 0 spiro atoms. The summed E-state index contributed by atoms with van der Waals surface area (Å²) in [4.78, 5) is 13.2. The molecule has 2 aliphatic rings. The highest BCUT2D eigenvalue weighted by Gasteiger charge is 2.47. The summed E-state index contributed by atoms with van der Waals surface area (Å²) in [5, 5.41) is 12.0. The molecule has 0 unspecified atom stereocenters. The van der Waals surface area contributed by atoms with Crippen molar-refractivity contribution in [3.63, 3.8) is 0 Å². The van der Waals surface area contributed by atoms with E-state index in [2.05, 4.69) is 41.5 Å². The Labute approximate surface area is 158 Å². The van der Waals surface area contributed by atoms with Gasteiger partial charge >= 0.3 is 0 Å². The van der Waals surface area contributed by atoms with Crippen LogP contribution in [0.15, 0.2) is 30.7 Å². The van der Waals surface area contributed by atoms with Crippen LogP contribution in [0.4, 0.5) is 5.69 Å². The number of nitrogens with one attached hydrogen (secondary N) is 1. The first kappa shape index (κ1) is 16.5. The first-order chi connectivity index (χ1) is 12.8. The quantitative estimate of drug-likeness (QED) is 0.714. The number of benzene rings is 1. The average Bonchev–Trinajstić information content (AvgIpc) is 3.29. The molecule has 0 saturated heterocycles. The van der Waals surface area contributed by atoms with Gasteiger partial charge in [-0.1, -0.05) is 0 Å². The lowest BCUT2D eigenvalue weighted by Gasteiger charge is -2.43. The molecule has 27 heavy (non-hydrogen) atoms. The lowest BCUT2D eigenvalue weighted by molar-refractivity contribution is -0.127. The fourth-order valence-corrected chi connectivity index (χ4v) is 4.99. The molecule has 0 amide bonds. The lowest BCUT2D eigenvalue weighted by Crippen LogP contribution is -2.53. The molecule has 1 aliphatic heterocycles. The van der Waals surface area contributed by atoms with Crippen LogP contribution in [0.25, 0.3) is 16.8 Å². The van der Waals surface area contributed by atoms with E-state index in [9.17, 15) is 4.79 Å². The van der Waals surface area contributed by atoms with E-state index >= 15 is 0 Å². The zero-order chi connectivity index (χ0) is 19.0. The van der Waals surface area contributed by atoms with Gasteiger partial charge in [0.05, 0.1) is 11.0 Å². The van der Waals surface area contributed by atoms with Crippen molar-refractivity contribution < 1.29 is 4.79 Å². The number of nitrogens with zero attached hydrogens (tertiary/aromatic N) is 3. The molecule has 3 aromatic rings. The zero-order valence-electron chi connectivity index (χ0n) is 16.3. The number of rotatable bonds is 1. The van der Waals surface area contributed by atoms with Crippen LogP contribution in [-0.4, -0.2) is 25.9 Å². The second-order valence-electron chi connectivity index (χ2n) is 8.85. The molecule has 5 heteroatoms. The first-order valence-corrected chi connectivity index (χ1v) is 9.62. The van der Waals surface area contributed by atoms with E-state index in [0.29, 0.717) is 0 Å². The summed E-state index contributed by atoms with van der Waals surface area (Å²) >= 11 is 0. The summed E-state index contributed by atoms with van der Waals surface area (Å²) in [5.74, 6) is 0.229. The second kappa shape index (κ2) is 5.18. The van der Waals surface area contributed by atoms with Gasteiger partial charge in [-0.2, -0.15) is 0 Å². The highest BCUT2D eigenvalue weighted by molar-refractivity contribution is 6.04. The van der Waals surface area contributed by atoms with E-state index in [-0.39, 0.29) is 5.78 Å². The minimum absolute atomic E-state index is 0.229. The monoisotopic (exact) mass is 360 g/mol. The molecule has 0 bridgehead atoms. The third-order valence-electron chi connectivity index (χ3n) is 6.26. The van der Waals surface area contributed by atoms with E-state index in [1.807, 2.05) is 30.5 Å². The molecule has 1 N–H and O–H groups in total. The number of pyridine rings is 1. The molecule has 3 heterocycles. The van der Waals surface area contributed by atoms with Crippen molar-refractivity contribution in [1.82, 2.24) is 14.6 Å². The molecule has 0 fully saturated rings. The van der Waals surface area contributed by atoms with Crippen molar-refractivity contribution in [3.8, 4) is 11.1 Å². The van der Waals surface area contributed by atoms with E-state index in [0.717, 1.165) is 36.0 Å². The Hall–Kier alpha value is -2.69. The SMILES string of the molecule is CC1(C)Nc2c(cc(-c3cccn4cnnc34)c3c2CCC3)C(C)(C)C1=O. The maximum atomic E-state index is 13.2. The Morgan fingerprint density at radius 2 is 1.89 bits per heavy atom. The number of ketones is 1. The Kier molecular flexibility index (Phi) is 3.16. The minimum Gasteiger partial charge on any atom is -0.373 e. The largest absolute Gasteiger partial charge is 0.373 e. The van der Waals surface area contributed by atoms with E-state index < -0.39 is 11.0 Å². The fourth-order valence-electron chi connectivity index (χ4n) is 4.99. The summed E-state index contributed by atoms with van der Waals surface area (Å²) in [7, 11) is 0. The number of carbonyl (C=O) groups is 1. The van der Waals surface area contributed by atoms with Crippen molar-refractivity contribution in [2.24, 2.45) is 0 Å². The Balaban J connectivity index is 1.84. The predicted octanol–water partition coefficient (Wildman–Crippen LogP) is 3.94. The van der Waals surface area contributed by atoms with Crippen molar-refractivity contribution in [2.75, 3.05) is 5.32 Å². The van der Waals surface area contributed by atoms with E-state index in [1.54, 1.807) is 6.33 Å². The molecular formula is C22H24N4O. The Bertz CT molecular complexity index is 1110. The highest BCUT2D eigenvalue weighted by atomic mass is 16.1. The number of hydrogen-bond acceptors (Lipinski definition) is 4. The predicted molar refractivity (Wildman–Crippen MR) is 106 cm³/mol. The highest BCUT2D eigenvalue weighted by Crippen LogP contribution is 2.48. The van der Waals surface area contributed by atoms with Gasteiger partial charge in [0, 0.05) is 17.4 Å². The molecule has 2 aromatic heterocycles. The summed E-state index contributed by atoms with van der Waals surface area (Å²) in [6.07, 6.45) is 6.95. The van der Waals surface area contributed by atoms with E-state index in [4.69, 9.17) is 0 Å². The third kappa shape index (κ3) is 2.14. The smallest absolute Gasteiger partial charge is 0.168 e. The second-order valence-corrected chi connectivity index (χ2v) is 8.85. The maximum Gasteiger partial charge on any atom is 0.168 e. The van der Waals surface area contributed by atoms with Crippen LogP contribution < -0.4 is 5.32 Å². The Morgan fingerprint density at radius 1 is 1.11 bits per heavy atom. The molecule has 5 rings (SSSR count). The first-order valence-electron chi connectivity index (χ1n) is 9.62. The molecule has 0 atom stereocenters. The molecule has 0 radical (unpaired) electrons. The normalized spacial score (nSPS) is 19.6. The number of carbonyl (C=O) groups excluding carboxylic acids is 1. The van der Waals surface area contributed by atoms with Crippen molar-refractivity contribution in [2.45, 2.75) is 57.9 Å². The average molecular weight is 360 g/mol. The van der Waals surface area contributed by atoms with Gasteiger partial charge < -0.3 is 5.32 Å². The molecule has 0 saturated carbocycles. The standard InChI is InChI=1S/C22H24N4O/c1-21(2)17-11-16(15-9-6-10-26-12-23-25-19(15)26)13-7-5-8-14(13)18(17)24-22(3,4)20(21)27/h6,9-12,24H,5,7-8H2,1-4H3. The van der Waals surface area contributed by atoms with Gasteiger partial charge in [0.15, 0.2) is 11.4 Å². The van der Waals surface area contributed by atoms with Gasteiger partial charge in [0.2, 0.25) is 0 Å². The fraction of sp³-hybridized carbons (Fsp3) is 0.409. The van der Waals surface area contributed by atoms with Gasteiger partial charge in [0.1, 0.15) is 6.33 Å². The summed E-state index contributed by atoms with van der Waals surface area (Å²) in [5.41, 5.74) is 7.09. The molecule has 5 nitrogen and oxygen atoms in total. The van der Waals surface area contributed by atoms with Crippen LogP contribution in [0.5, 0.6) is 0 Å². The molecule has 1 aromatic carbocycles. The summed E-state index contributed by atoms with van der Waals surface area (Å²) < 4.78 is 1.95. The zero-order valence-corrected chi connectivity index (χ0v) is 16.3. The van der Waals surface area contributed by atoms with Crippen molar-refractivity contribution >= 4 is 17.1 Å². The van der Waals surface area contributed by atoms with Crippen LogP contribution in [-0.2, 0) is 23.1 Å². The van der Waals surface area contributed by atoms with Crippen LogP contribution in [0.1, 0.15) is 50.8 Å². The number of Topliss-reactive ketones (excluding diaryl/α,β-unsaturated/α-hetero) is 1. The van der Waals surface area contributed by atoms with Gasteiger partial charge in [-0.3, -0.25) is 9.20 Å². The number of fused-ring (bicyclic) bond motifs is 4. The van der Waals surface area contributed by atoms with Crippen molar-refractivity contribution in [3.05, 3.63) is 47.4 Å².